The molecule has 0 spiro atoms. The SMILES string of the molecule is COC(=O)C1CCC(/C(N)=N/O)CC1.COC(=O)C1CCC(c2noc(-c3ccccc3)n2)CC1.[C-]#[N+]C1CCC(C(=O)OC)CC1. The summed E-state index contributed by atoms with van der Waals surface area (Å²) in [6.07, 6.45) is 9.87. The maximum Gasteiger partial charge on any atom is 0.308 e. The Bertz CT molecular complexity index is 1330. The van der Waals surface area contributed by atoms with Gasteiger partial charge in [-0.1, -0.05) is 28.5 Å². The molecule has 0 radical (unpaired) electrons. The van der Waals surface area contributed by atoms with Gasteiger partial charge >= 0.3 is 17.9 Å². The normalized spacial score (nSPS) is 25.7. The lowest BCUT2D eigenvalue weighted by atomic mass is 9.81. The zero-order chi connectivity index (χ0) is 34.2. The minimum atomic E-state index is -0.150. The molecular formula is C34H47N5O8. The highest BCUT2D eigenvalue weighted by molar-refractivity contribution is 5.82. The van der Waals surface area contributed by atoms with E-state index >= 15 is 0 Å². The first-order chi connectivity index (χ1) is 22.7. The highest BCUT2D eigenvalue weighted by Gasteiger charge is 2.31. The van der Waals surface area contributed by atoms with Gasteiger partial charge in [0.1, 0.15) is 5.84 Å². The number of hydrogen-bond acceptors (Lipinski definition) is 11. The van der Waals surface area contributed by atoms with Gasteiger partial charge in [0.25, 0.3) is 5.89 Å². The minimum absolute atomic E-state index is 0.0113. The summed E-state index contributed by atoms with van der Waals surface area (Å²) in [4.78, 5) is 41.7. The van der Waals surface area contributed by atoms with Crippen molar-refractivity contribution in [1.82, 2.24) is 10.1 Å². The number of carbonyl (C=O) groups is 3. The number of nitrogens with zero attached hydrogens (tertiary/aromatic N) is 4. The lowest BCUT2D eigenvalue weighted by Gasteiger charge is -2.25. The fraction of sp³-hybridized carbons (Fsp3) is 0.618. The van der Waals surface area contributed by atoms with Gasteiger partial charge in [-0.3, -0.25) is 14.4 Å². The molecule has 3 fully saturated rings. The second-order valence-electron chi connectivity index (χ2n) is 12.1. The van der Waals surface area contributed by atoms with E-state index < -0.39 is 0 Å². The van der Waals surface area contributed by atoms with Gasteiger partial charge < -0.3 is 34.5 Å². The maximum atomic E-state index is 11.5. The largest absolute Gasteiger partial charge is 0.469 e. The molecule has 47 heavy (non-hydrogen) atoms. The number of ether oxygens (including phenoxy) is 3. The van der Waals surface area contributed by atoms with Crippen LogP contribution in [0.25, 0.3) is 16.3 Å². The van der Waals surface area contributed by atoms with Gasteiger partial charge in [-0.15, -0.1) is 0 Å². The van der Waals surface area contributed by atoms with E-state index in [1.807, 2.05) is 30.3 Å². The van der Waals surface area contributed by atoms with E-state index in [2.05, 4.69) is 29.6 Å². The van der Waals surface area contributed by atoms with E-state index in [9.17, 15) is 14.4 Å². The predicted molar refractivity (Wildman–Crippen MR) is 172 cm³/mol. The molecule has 3 aliphatic carbocycles. The molecule has 0 aliphatic heterocycles. The van der Waals surface area contributed by atoms with Crippen LogP contribution in [-0.4, -0.2) is 66.5 Å². The first kappa shape index (κ1) is 37.0. The number of aromatic nitrogens is 2. The first-order valence-electron chi connectivity index (χ1n) is 16.2. The van der Waals surface area contributed by atoms with Crippen molar-refractivity contribution in [2.75, 3.05) is 21.3 Å². The fourth-order valence-corrected chi connectivity index (χ4v) is 6.33. The third-order valence-electron chi connectivity index (χ3n) is 9.30. The molecule has 3 aliphatic rings. The molecule has 0 bridgehead atoms. The van der Waals surface area contributed by atoms with E-state index in [0.717, 1.165) is 88.4 Å². The molecule has 0 amide bonds. The zero-order valence-corrected chi connectivity index (χ0v) is 27.5. The second-order valence-corrected chi connectivity index (χ2v) is 12.1. The Hall–Kier alpha value is -4.47. The van der Waals surface area contributed by atoms with Gasteiger partial charge in [0.2, 0.25) is 6.04 Å². The lowest BCUT2D eigenvalue weighted by molar-refractivity contribution is -0.147. The van der Waals surface area contributed by atoms with Gasteiger partial charge in [0.05, 0.1) is 39.1 Å². The van der Waals surface area contributed by atoms with Gasteiger partial charge in [0.15, 0.2) is 5.82 Å². The Morgan fingerprint density at radius 2 is 1.23 bits per heavy atom. The number of amidine groups is 1. The van der Waals surface area contributed by atoms with E-state index in [-0.39, 0.29) is 59.4 Å². The summed E-state index contributed by atoms with van der Waals surface area (Å²) in [6.45, 7) is 6.82. The molecule has 0 saturated heterocycles. The van der Waals surface area contributed by atoms with E-state index in [1.54, 1.807) is 0 Å². The average molecular weight is 654 g/mol. The van der Waals surface area contributed by atoms with Crippen molar-refractivity contribution < 1.29 is 38.3 Å². The van der Waals surface area contributed by atoms with Crippen molar-refractivity contribution in [3.63, 3.8) is 0 Å². The van der Waals surface area contributed by atoms with Crippen molar-refractivity contribution in [1.29, 1.82) is 0 Å². The zero-order valence-electron chi connectivity index (χ0n) is 27.5. The third-order valence-corrected chi connectivity index (χ3v) is 9.30. The number of nitrogens with two attached hydrogens (primary N) is 1. The number of hydrogen-bond donors (Lipinski definition) is 2. The molecule has 1 aromatic heterocycles. The van der Waals surface area contributed by atoms with Gasteiger partial charge in [-0.05, 0) is 76.3 Å². The van der Waals surface area contributed by atoms with Crippen LogP contribution in [0.3, 0.4) is 0 Å². The molecule has 1 heterocycles. The third kappa shape index (κ3) is 11.1. The Morgan fingerprint density at radius 1 is 0.787 bits per heavy atom. The first-order valence-corrected chi connectivity index (χ1v) is 16.2. The average Bonchev–Trinajstić information content (AvgIpc) is 3.65. The minimum Gasteiger partial charge on any atom is -0.469 e. The summed E-state index contributed by atoms with van der Waals surface area (Å²) in [7, 11) is 4.26. The Labute approximate surface area is 276 Å². The number of carbonyl (C=O) groups excluding carboxylic acids is 3. The van der Waals surface area contributed by atoms with Crippen molar-refractivity contribution in [3.8, 4) is 11.5 Å². The van der Waals surface area contributed by atoms with Crippen molar-refractivity contribution >= 4 is 23.7 Å². The maximum absolute atomic E-state index is 11.5. The molecule has 13 heteroatoms. The highest BCUT2D eigenvalue weighted by Crippen LogP contribution is 2.36. The van der Waals surface area contributed by atoms with Crippen LogP contribution in [0.2, 0.25) is 0 Å². The van der Waals surface area contributed by atoms with E-state index in [0.29, 0.717) is 5.89 Å². The fourth-order valence-electron chi connectivity index (χ4n) is 6.33. The van der Waals surface area contributed by atoms with Crippen LogP contribution in [0.1, 0.15) is 88.8 Å². The Balaban J connectivity index is 0.000000202. The summed E-state index contributed by atoms with van der Waals surface area (Å²) in [5.74, 6) is 1.65. The summed E-state index contributed by atoms with van der Waals surface area (Å²) in [6, 6.07) is 9.89. The molecule has 3 saturated carbocycles. The topological polar surface area (TPSA) is 181 Å². The molecule has 13 nitrogen and oxygen atoms in total. The van der Waals surface area contributed by atoms with Crippen molar-refractivity contribution in [3.05, 3.63) is 47.6 Å². The van der Waals surface area contributed by atoms with Crippen LogP contribution in [0.4, 0.5) is 0 Å². The summed E-state index contributed by atoms with van der Waals surface area (Å²) in [5, 5.41) is 15.6. The molecule has 0 unspecified atom stereocenters. The van der Waals surface area contributed by atoms with Crippen LogP contribution < -0.4 is 5.73 Å². The quantitative estimate of drug-likeness (QED) is 0.0760. The second kappa shape index (κ2) is 19.3. The van der Waals surface area contributed by atoms with Gasteiger partial charge in [-0.25, -0.2) is 6.57 Å². The molecule has 2 aromatic rings. The highest BCUT2D eigenvalue weighted by atomic mass is 16.5. The summed E-state index contributed by atoms with van der Waals surface area (Å²) < 4.78 is 19.5. The van der Waals surface area contributed by atoms with Crippen LogP contribution in [0.15, 0.2) is 40.0 Å². The van der Waals surface area contributed by atoms with Crippen LogP contribution >= 0.6 is 0 Å². The number of methoxy groups -OCH3 is 3. The standard InChI is InChI=1S/C16H18N2O3.C9H16N2O3.C9H13NO2/c1-20-16(19)13-9-7-11(8-10-13)14-17-15(21-18-14)12-5-3-2-4-6-12;1-14-9(12)7-4-2-6(3-5-7)8(10)11-13;1-10-8-5-3-7(4-6-8)9(11)12-2/h2-6,11,13H,7-10H2,1H3;6-7,13H,2-5H2,1H3,(H2,10,11);7-8H,3-6H2,2H3. The van der Waals surface area contributed by atoms with E-state index in [1.165, 1.54) is 21.3 Å². The lowest BCUT2D eigenvalue weighted by Crippen LogP contribution is -2.30. The number of rotatable bonds is 6. The Kier molecular flexibility index (Phi) is 15.2. The summed E-state index contributed by atoms with van der Waals surface area (Å²) in [5.41, 5.74) is 6.42. The molecule has 1 aromatic carbocycles. The molecule has 0 atom stereocenters. The monoisotopic (exact) mass is 653 g/mol. The summed E-state index contributed by atoms with van der Waals surface area (Å²) >= 11 is 0. The molecular weight excluding hydrogens is 606 g/mol. The molecule has 5 rings (SSSR count). The van der Waals surface area contributed by atoms with Crippen molar-refractivity contribution in [2.24, 2.45) is 34.6 Å². The Morgan fingerprint density at radius 3 is 1.68 bits per heavy atom. The van der Waals surface area contributed by atoms with Gasteiger partial charge in [0, 0.05) is 30.2 Å². The number of benzene rings is 1. The molecule has 3 N–H and O–H groups in total. The van der Waals surface area contributed by atoms with Crippen LogP contribution in [0.5, 0.6) is 0 Å². The number of esters is 3. The number of oxime groups is 1. The smallest absolute Gasteiger partial charge is 0.308 e. The van der Waals surface area contributed by atoms with Crippen LogP contribution in [-0.2, 0) is 28.6 Å². The molecule has 256 valence electrons. The van der Waals surface area contributed by atoms with Crippen LogP contribution in [0, 0.1) is 30.2 Å². The van der Waals surface area contributed by atoms with Gasteiger partial charge in [-0.2, -0.15) is 4.98 Å². The van der Waals surface area contributed by atoms with Crippen molar-refractivity contribution in [2.45, 2.75) is 89.0 Å². The predicted octanol–water partition coefficient (Wildman–Crippen LogP) is 5.53. The van der Waals surface area contributed by atoms with E-state index in [4.69, 9.17) is 26.8 Å².